The maximum absolute atomic E-state index is 12.4. The number of aryl methyl sites for hydroxylation is 2. The molecule has 0 atom stereocenters. The third-order valence-corrected chi connectivity index (χ3v) is 5.80. The first kappa shape index (κ1) is 22.7. The van der Waals surface area contributed by atoms with E-state index in [2.05, 4.69) is 5.32 Å². The second-order valence-corrected chi connectivity index (χ2v) is 8.78. The molecule has 0 unspecified atom stereocenters. The lowest BCUT2D eigenvalue weighted by atomic mass is 10.1. The van der Waals surface area contributed by atoms with Crippen LogP contribution in [0.15, 0.2) is 42.5 Å². The Hall–Kier alpha value is -2.54. The minimum Gasteiger partial charge on any atom is -0.494 e. The van der Waals surface area contributed by atoms with Gasteiger partial charge in [-0.15, -0.1) is 0 Å². The average Bonchev–Trinajstić information content (AvgIpc) is 2.67. The van der Waals surface area contributed by atoms with Crippen LogP contribution >= 0.6 is 0 Å². The van der Waals surface area contributed by atoms with Crippen LogP contribution in [-0.4, -0.2) is 33.7 Å². The molecule has 0 fully saturated rings. The minimum atomic E-state index is -3.46. The molecule has 6 nitrogen and oxygen atoms in total. The average molecular weight is 419 g/mol. The Morgan fingerprint density at radius 2 is 1.79 bits per heavy atom. The van der Waals surface area contributed by atoms with E-state index in [0.717, 1.165) is 23.2 Å². The first-order valence-electron chi connectivity index (χ1n) is 9.85. The Morgan fingerprint density at radius 3 is 2.38 bits per heavy atom. The lowest BCUT2D eigenvalue weighted by Crippen LogP contribution is -2.31. The number of para-hydroxylation sites is 1. The van der Waals surface area contributed by atoms with E-state index in [4.69, 9.17) is 4.74 Å². The van der Waals surface area contributed by atoms with Crippen molar-refractivity contribution < 1.29 is 17.9 Å². The largest absolute Gasteiger partial charge is 0.494 e. The van der Waals surface area contributed by atoms with E-state index >= 15 is 0 Å². The van der Waals surface area contributed by atoms with Crippen LogP contribution in [-0.2, 0) is 21.2 Å². The summed E-state index contributed by atoms with van der Waals surface area (Å²) in [6.45, 7) is 6.68. The third-order valence-electron chi connectivity index (χ3n) is 4.61. The van der Waals surface area contributed by atoms with Crippen LogP contribution in [0.25, 0.3) is 0 Å². The SMILES string of the molecule is CCOc1ccc(N(CCCC(=O)Nc2c(C)cccc2CC)S(C)(=O)=O)cc1. The number of hydrogen-bond acceptors (Lipinski definition) is 4. The molecule has 0 aliphatic carbocycles. The van der Waals surface area contributed by atoms with Crippen molar-refractivity contribution in [2.75, 3.05) is 29.0 Å². The standard InChI is InChI=1S/C22H30N2O4S/c1-5-18-10-7-9-17(3)22(18)23-21(25)11-8-16-24(29(4,26)27)19-12-14-20(15-13-19)28-6-2/h7,9-10,12-15H,5-6,8,11,16H2,1-4H3,(H,23,25). The van der Waals surface area contributed by atoms with Crippen molar-refractivity contribution in [3.63, 3.8) is 0 Å². The highest BCUT2D eigenvalue weighted by Gasteiger charge is 2.18. The van der Waals surface area contributed by atoms with Crippen molar-refractivity contribution in [1.82, 2.24) is 0 Å². The molecule has 0 saturated carbocycles. The predicted octanol–water partition coefficient (Wildman–Crippen LogP) is 4.14. The van der Waals surface area contributed by atoms with Crippen molar-refractivity contribution in [1.29, 1.82) is 0 Å². The van der Waals surface area contributed by atoms with E-state index in [9.17, 15) is 13.2 Å². The number of sulfonamides is 1. The van der Waals surface area contributed by atoms with Crippen molar-refractivity contribution in [2.45, 2.75) is 40.0 Å². The molecule has 2 aromatic rings. The van der Waals surface area contributed by atoms with Crippen molar-refractivity contribution in [3.05, 3.63) is 53.6 Å². The van der Waals surface area contributed by atoms with Gasteiger partial charge in [0.2, 0.25) is 15.9 Å². The molecule has 1 amide bonds. The zero-order valence-corrected chi connectivity index (χ0v) is 18.4. The van der Waals surface area contributed by atoms with Crippen LogP contribution in [0, 0.1) is 6.92 Å². The Bertz CT molecular complexity index is 924. The van der Waals surface area contributed by atoms with Crippen LogP contribution in [0.1, 0.15) is 37.8 Å². The predicted molar refractivity (Wildman–Crippen MR) is 118 cm³/mol. The smallest absolute Gasteiger partial charge is 0.232 e. The van der Waals surface area contributed by atoms with E-state index in [0.29, 0.717) is 24.5 Å². The maximum atomic E-state index is 12.4. The molecule has 0 radical (unpaired) electrons. The fourth-order valence-corrected chi connectivity index (χ4v) is 4.11. The van der Waals surface area contributed by atoms with Gasteiger partial charge in [0.1, 0.15) is 5.75 Å². The number of carbonyl (C=O) groups is 1. The van der Waals surface area contributed by atoms with Crippen LogP contribution in [0.4, 0.5) is 11.4 Å². The molecule has 0 aliphatic heterocycles. The topological polar surface area (TPSA) is 75.7 Å². The van der Waals surface area contributed by atoms with Gasteiger partial charge in [-0.25, -0.2) is 8.42 Å². The van der Waals surface area contributed by atoms with Gasteiger partial charge >= 0.3 is 0 Å². The third kappa shape index (κ3) is 6.49. The summed E-state index contributed by atoms with van der Waals surface area (Å²) in [7, 11) is -3.46. The lowest BCUT2D eigenvalue weighted by molar-refractivity contribution is -0.116. The molecule has 1 N–H and O–H groups in total. The quantitative estimate of drug-likeness (QED) is 0.629. The number of anilines is 2. The second kappa shape index (κ2) is 10.3. The van der Waals surface area contributed by atoms with E-state index in [1.54, 1.807) is 24.3 Å². The van der Waals surface area contributed by atoms with Gasteiger partial charge in [-0.2, -0.15) is 0 Å². The number of carbonyl (C=O) groups excluding carboxylic acids is 1. The Morgan fingerprint density at radius 1 is 1.10 bits per heavy atom. The van der Waals surface area contributed by atoms with E-state index < -0.39 is 10.0 Å². The molecule has 2 aromatic carbocycles. The van der Waals surface area contributed by atoms with Crippen molar-refractivity contribution in [2.24, 2.45) is 0 Å². The molecule has 0 heterocycles. The Kier molecular flexibility index (Phi) is 8.08. The van der Waals surface area contributed by atoms with E-state index in [-0.39, 0.29) is 18.9 Å². The summed E-state index contributed by atoms with van der Waals surface area (Å²) in [6.07, 6.45) is 2.65. The number of ether oxygens (including phenoxy) is 1. The fraction of sp³-hybridized carbons (Fsp3) is 0.409. The summed E-state index contributed by atoms with van der Waals surface area (Å²) in [4.78, 5) is 12.4. The normalized spacial score (nSPS) is 11.2. The van der Waals surface area contributed by atoms with Crippen LogP contribution in [0.2, 0.25) is 0 Å². The Labute approximate surface area is 173 Å². The number of rotatable bonds is 10. The van der Waals surface area contributed by atoms with Gasteiger partial charge in [0.15, 0.2) is 0 Å². The molecule has 2 rings (SSSR count). The number of amides is 1. The molecular weight excluding hydrogens is 388 g/mol. The zero-order valence-electron chi connectivity index (χ0n) is 17.6. The molecule has 0 bridgehead atoms. The van der Waals surface area contributed by atoms with Gasteiger partial charge < -0.3 is 10.1 Å². The number of hydrogen-bond donors (Lipinski definition) is 1. The lowest BCUT2D eigenvalue weighted by Gasteiger charge is -2.22. The Balaban J connectivity index is 2.01. The number of nitrogens with one attached hydrogen (secondary N) is 1. The van der Waals surface area contributed by atoms with E-state index in [1.165, 1.54) is 10.6 Å². The van der Waals surface area contributed by atoms with Gasteiger partial charge in [0.05, 0.1) is 18.6 Å². The van der Waals surface area contributed by atoms with Crippen molar-refractivity contribution in [3.8, 4) is 5.75 Å². The fourth-order valence-electron chi connectivity index (χ4n) is 3.15. The number of nitrogens with zero attached hydrogens (tertiary/aromatic N) is 1. The molecule has 158 valence electrons. The van der Waals surface area contributed by atoms with Gasteiger partial charge in [-0.1, -0.05) is 25.1 Å². The summed E-state index contributed by atoms with van der Waals surface area (Å²) in [5, 5.41) is 2.98. The van der Waals surface area contributed by atoms with Crippen LogP contribution in [0.3, 0.4) is 0 Å². The van der Waals surface area contributed by atoms with Gasteiger partial charge in [0, 0.05) is 18.7 Å². The zero-order chi connectivity index (χ0) is 21.4. The van der Waals surface area contributed by atoms with Crippen LogP contribution in [0.5, 0.6) is 5.75 Å². The highest BCUT2D eigenvalue weighted by atomic mass is 32.2. The summed E-state index contributed by atoms with van der Waals surface area (Å²) in [6, 6.07) is 12.9. The summed E-state index contributed by atoms with van der Waals surface area (Å²) < 4.78 is 31.2. The summed E-state index contributed by atoms with van der Waals surface area (Å²) in [5.41, 5.74) is 3.52. The maximum Gasteiger partial charge on any atom is 0.232 e. The summed E-state index contributed by atoms with van der Waals surface area (Å²) >= 11 is 0. The molecular formula is C22H30N2O4S. The van der Waals surface area contributed by atoms with Crippen molar-refractivity contribution >= 4 is 27.3 Å². The van der Waals surface area contributed by atoms with Gasteiger partial charge in [-0.05, 0) is 62.1 Å². The first-order valence-corrected chi connectivity index (χ1v) is 11.7. The molecule has 0 aliphatic rings. The highest BCUT2D eigenvalue weighted by molar-refractivity contribution is 7.92. The molecule has 29 heavy (non-hydrogen) atoms. The van der Waals surface area contributed by atoms with Gasteiger partial charge in [-0.3, -0.25) is 9.10 Å². The highest BCUT2D eigenvalue weighted by Crippen LogP contribution is 2.23. The molecule has 0 saturated heterocycles. The van der Waals surface area contributed by atoms with E-state index in [1.807, 2.05) is 39.0 Å². The minimum absolute atomic E-state index is 0.117. The number of benzene rings is 2. The van der Waals surface area contributed by atoms with Crippen LogP contribution < -0.4 is 14.4 Å². The summed E-state index contributed by atoms with van der Waals surface area (Å²) in [5.74, 6) is 0.572. The molecule has 0 spiro atoms. The monoisotopic (exact) mass is 418 g/mol. The molecule has 0 aromatic heterocycles. The second-order valence-electron chi connectivity index (χ2n) is 6.88. The van der Waals surface area contributed by atoms with Gasteiger partial charge in [0.25, 0.3) is 0 Å². The molecule has 7 heteroatoms. The first-order chi connectivity index (χ1) is 13.8.